The second kappa shape index (κ2) is 14.8. The van der Waals surface area contributed by atoms with Crippen molar-refractivity contribution in [2.24, 2.45) is 15.7 Å². The number of aliphatic hydroxyl groups excluding tert-OH is 3. The lowest BCUT2D eigenvalue weighted by atomic mass is 9.55. The summed E-state index contributed by atoms with van der Waals surface area (Å²) in [7, 11) is 0. The summed E-state index contributed by atoms with van der Waals surface area (Å²) >= 11 is 0. The third-order valence-corrected chi connectivity index (χ3v) is 12.0. The molecular weight excluding hydrogens is 727 g/mol. The van der Waals surface area contributed by atoms with E-state index >= 15 is 4.79 Å². The zero-order valence-electron chi connectivity index (χ0n) is 31.5. The maximum Gasteiger partial charge on any atom is 0.282 e. The summed E-state index contributed by atoms with van der Waals surface area (Å²) in [5.41, 5.74) is 7.37. The quantitative estimate of drug-likeness (QED) is 0.142. The Morgan fingerprint density at radius 3 is 1.34 bits per heavy atom. The van der Waals surface area contributed by atoms with Crippen LogP contribution in [0.4, 0.5) is 0 Å². The smallest absolute Gasteiger partial charge is 0.282 e. The highest BCUT2D eigenvalue weighted by molar-refractivity contribution is 6.06. The lowest BCUT2D eigenvalue weighted by Gasteiger charge is -2.59. The molecule has 3 heterocycles. The number of guanidine groups is 1. The molecule has 5 N–H and O–H groups in total. The molecule has 1 saturated heterocycles. The van der Waals surface area contributed by atoms with Gasteiger partial charge in [-0.3, -0.25) is 9.79 Å². The van der Waals surface area contributed by atoms with E-state index in [9.17, 15) is 15.3 Å². The first-order chi connectivity index (χ1) is 28.4. The van der Waals surface area contributed by atoms with Crippen LogP contribution in [0.15, 0.2) is 192 Å². The van der Waals surface area contributed by atoms with Crippen molar-refractivity contribution in [2.75, 3.05) is 6.61 Å². The average molecular weight is 770 g/mol. The summed E-state index contributed by atoms with van der Waals surface area (Å²) < 4.78 is 6.36. The Morgan fingerprint density at radius 2 is 0.983 bits per heavy atom. The standard InChI is InChI=1S/C48H43N5O5/c49-45-51-43(57)48(46(33-19-7-1-8-20-33,34-21-9-2-10-22-34)35-23-11-3-12-24-35)44(52(32-50-48)42-41(56)40(55)39(31-54)58-42)53(45)47(36-25-13-4-14-26-36,37-27-15-5-16-28-37)38-29-17-6-18-30-38/h1-30,32,39-42,44,54-56H,31H2,(H2,49,51,57)/t39-,40?,41?,42-,44?,48?/m1/s1. The molecule has 58 heavy (non-hydrogen) atoms. The van der Waals surface area contributed by atoms with Crippen molar-refractivity contribution in [1.82, 2.24) is 9.80 Å². The van der Waals surface area contributed by atoms with Crippen LogP contribution in [0.5, 0.6) is 0 Å². The Kier molecular flexibility index (Phi) is 9.50. The van der Waals surface area contributed by atoms with Gasteiger partial charge in [-0.05, 0) is 33.4 Å². The van der Waals surface area contributed by atoms with Crippen molar-refractivity contribution in [3.63, 3.8) is 0 Å². The first kappa shape index (κ1) is 37.2. The fourth-order valence-electron chi connectivity index (χ4n) is 9.67. The van der Waals surface area contributed by atoms with E-state index in [4.69, 9.17) is 20.5 Å². The van der Waals surface area contributed by atoms with E-state index in [1.165, 1.54) is 6.34 Å². The number of ether oxygens (including phenoxy) is 1. The topological polar surface area (TPSA) is 144 Å². The van der Waals surface area contributed by atoms with Crippen molar-refractivity contribution >= 4 is 18.2 Å². The van der Waals surface area contributed by atoms with Gasteiger partial charge in [0.1, 0.15) is 30.0 Å². The number of nitrogens with zero attached hydrogens (tertiary/aromatic N) is 4. The van der Waals surface area contributed by atoms with Crippen LogP contribution in [0.2, 0.25) is 0 Å². The van der Waals surface area contributed by atoms with Gasteiger partial charge in [0, 0.05) is 0 Å². The van der Waals surface area contributed by atoms with Gasteiger partial charge in [-0.15, -0.1) is 0 Å². The molecule has 0 aromatic heterocycles. The van der Waals surface area contributed by atoms with Crippen LogP contribution in [0.3, 0.4) is 0 Å². The Balaban J connectivity index is 1.47. The molecule has 1 amide bonds. The molecule has 3 aliphatic rings. The van der Waals surface area contributed by atoms with E-state index in [-0.39, 0.29) is 5.96 Å². The molecule has 6 atom stereocenters. The highest BCUT2D eigenvalue weighted by atomic mass is 16.6. The minimum Gasteiger partial charge on any atom is -0.394 e. The maximum absolute atomic E-state index is 15.9. The van der Waals surface area contributed by atoms with E-state index in [2.05, 4.69) is 0 Å². The number of rotatable bonds is 10. The second-order valence-corrected chi connectivity index (χ2v) is 14.9. The Labute approximate surface area is 336 Å². The van der Waals surface area contributed by atoms with Crippen molar-refractivity contribution in [2.45, 2.75) is 47.2 Å². The molecule has 0 aliphatic carbocycles. The van der Waals surface area contributed by atoms with Gasteiger partial charge in [0.05, 0.1) is 18.4 Å². The largest absolute Gasteiger partial charge is 0.394 e. The Morgan fingerprint density at radius 1 is 0.603 bits per heavy atom. The SMILES string of the molecule is NC1=NC(=O)C2(C(c3ccccc3)(c3ccccc3)c3ccccc3)N=CN([C@@H]3O[C@H](CO)C(O)C3O)C2N1C(c1ccccc1)(c1ccccc1)c1ccccc1. The highest BCUT2D eigenvalue weighted by Gasteiger charge is 2.73. The molecule has 6 aromatic rings. The molecule has 290 valence electrons. The molecule has 10 heteroatoms. The number of hydrogen-bond acceptors (Lipinski definition) is 9. The van der Waals surface area contributed by atoms with Gasteiger partial charge < -0.3 is 35.6 Å². The Hall–Kier alpha value is -6.43. The number of carbonyl (C=O) groups is 1. The second-order valence-electron chi connectivity index (χ2n) is 14.9. The normalized spacial score (nSPS) is 24.4. The molecular formula is C48H43N5O5. The number of carbonyl (C=O) groups excluding carboxylic acids is 1. The first-order valence-electron chi connectivity index (χ1n) is 19.4. The van der Waals surface area contributed by atoms with Crippen LogP contribution in [0, 0.1) is 0 Å². The number of benzene rings is 6. The van der Waals surface area contributed by atoms with Gasteiger partial charge in [0.2, 0.25) is 5.96 Å². The molecule has 10 nitrogen and oxygen atoms in total. The van der Waals surface area contributed by atoms with Crippen molar-refractivity contribution in [3.05, 3.63) is 215 Å². The highest BCUT2D eigenvalue weighted by Crippen LogP contribution is 2.59. The number of hydrogen-bond donors (Lipinski definition) is 4. The van der Waals surface area contributed by atoms with Gasteiger partial charge in [-0.1, -0.05) is 182 Å². The predicted octanol–water partition coefficient (Wildman–Crippen LogP) is 5.02. The van der Waals surface area contributed by atoms with Gasteiger partial charge >= 0.3 is 0 Å². The third kappa shape index (κ3) is 5.30. The Bertz CT molecular complexity index is 2230. The zero-order valence-corrected chi connectivity index (χ0v) is 31.5. The first-order valence-corrected chi connectivity index (χ1v) is 19.4. The van der Waals surface area contributed by atoms with Crippen molar-refractivity contribution < 1.29 is 24.9 Å². The number of fused-ring (bicyclic) bond motifs is 1. The monoisotopic (exact) mass is 769 g/mol. The predicted molar refractivity (Wildman–Crippen MR) is 221 cm³/mol. The number of aliphatic hydroxyl groups is 3. The average Bonchev–Trinajstić information content (AvgIpc) is 3.82. The molecule has 0 saturated carbocycles. The molecule has 0 spiro atoms. The van der Waals surface area contributed by atoms with E-state index in [0.717, 1.165) is 33.4 Å². The molecule has 4 unspecified atom stereocenters. The van der Waals surface area contributed by atoms with Crippen LogP contribution in [0.25, 0.3) is 0 Å². The van der Waals surface area contributed by atoms with E-state index in [1.54, 1.807) is 4.90 Å². The van der Waals surface area contributed by atoms with Gasteiger partial charge in [-0.25, -0.2) is 0 Å². The summed E-state index contributed by atoms with van der Waals surface area (Å²) in [6, 6.07) is 59.1. The van der Waals surface area contributed by atoms with Gasteiger partial charge in [0.15, 0.2) is 11.8 Å². The summed E-state index contributed by atoms with van der Waals surface area (Å²) in [5, 5.41) is 33.5. The van der Waals surface area contributed by atoms with Crippen molar-refractivity contribution in [1.29, 1.82) is 0 Å². The maximum atomic E-state index is 15.9. The van der Waals surface area contributed by atoms with E-state index in [0.29, 0.717) is 0 Å². The summed E-state index contributed by atoms with van der Waals surface area (Å²) in [6.07, 6.45) is -5.06. The van der Waals surface area contributed by atoms with E-state index in [1.807, 2.05) is 187 Å². The van der Waals surface area contributed by atoms with Gasteiger partial charge in [0.25, 0.3) is 5.91 Å². The van der Waals surface area contributed by atoms with Crippen molar-refractivity contribution in [3.8, 4) is 0 Å². The lowest BCUT2D eigenvalue weighted by molar-refractivity contribution is -0.142. The summed E-state index contributed by atoms with van der Waals surface area (Å²) in [5.74, 6) is -0.705. The molecule has 3 aliphatic heterocycles. The molecule has 0 bridgehead atoms. The fraction of sp³-hybridized carbons (Fsp3) is 0.188. The lowest BCUT2D eigenvalue weighted by Crippen LogP contribution is -2.77. The molecule has 6 aromatic carbocycles. The van der Waals surface area contributed by atoms with Crippen LogP contribution in [0.1, 0.15) is 33.4 Å². The van der Waals surface area contributed by atoms with Crippen LogP contribution < -0.4 is 5.73 Å². The summed E-state index contributed by atoms with van der Waals surface area (Å²) in [4.78, 5) is 29.7. The third-order valence-electron chi connectivity index (χ3n) is 12.0. The van der Waals surface area contributed by atoms with E-state index < -0.39 is 59.7 Å². The van der Waals surface area contributed by atoms with Crippen LogP contribution >= 0.6 is 0 Å². The molecule has 9 rings (SSSR count). The summed E-state index contributed by atoms with van der Waals surface area (Å²) in [6.45, 7) is -0.550. The van der Waals surface area contributed by atoms with Crippen LogP contribution in [-0.4, -0.2) is 86.2 Å². The van der Waals surface area contributed by atoms with Gasteiger partial charge in [-0.2, -0.15) is 4.99 Å². The molecule has 0 radical (unpaired) electrons. The van der Waals surface area contributed by atoms with Crippen LogP contribution in [-0.2, 0) is 20.5 Å². The number of amides is 1. The number of nitrogens with two attached hydrogens (primary N) is 1. The fourth-order valence-corrected chi connectivity index (χ4v) is 9.67. The molecule has 1 fully saturated rings. The number of aliphatic imine (C=N–C) groups is 2. The zero-order chi connectivity index (χ0) is 39.9. The minimum absolute atomic E-state index is 0.0903. The minimum atomic E-state index is -1.91.